The van der Waals surface area contributed by atoms with E-state index in [9.17, 15) is 0 Å². The third kappa shape index (κ3) is 2.13. The maximum absolute atomic E-state index is 5.76. The van der Waals surface area contributed by atoms with E-state index in [4.69, 9.17) is 4.74 Å². The van der Waals surface area contributed by atoms with Crippen LogP contribution in [0, 0.1) is 0 Å². The van der Waals surface area contributed by atoms with Crippen molar-refractivity contribution in [3.8, 4) is 5.75 Å². The van der Waals surface area contributed by atoms with E-state index < -0.39 is 0 Å². The largest absolute Gasteiger partial charge is 0.488 e. The Morgan fingerprint density at radius 2 is 1.82 bits per heavy atom. The van der Waals surface area contributed by atoms with Crippen molar-refractivity contribution in [1.82, 2.24) is 0 Å². The number of fused-ring (bicyclic) bond motifs is 1. The van der Waals surface area contributed by atoms with Crippen molar-refractivity contribution in [1.29, 1.82) is 0 Å². The number of rotatable bonds is 1. The Morgan fingerprint density at radius 1 is 1.00 bits per heavy atom. The lowest BCUT2D eigenvalue weighted by Crippen LogP contribution is -2.06. The molecule has 0 unspecified atom stereocenters. The van der Waals surface area contributed by atoms with Gasteiger partial charge < -0.3 is 4.74 Å². The molecule has 2 aromatic rings. The fourth-order valence-electron chi connectivity index (χ4n) is 1.97. The molecule has 2 aromatic carbocycles. The summed E-state index contributed by atoms with van der Waals surface area (Å²) in [6.45, 7) is 0.638. The molecule has 0 spiro atoms. The summed E-state index contributed by atoms with van der Waals surface area (Å²) in [6.07, 6.45) is 2.19. The normalized spacial score (nSPS) is 13.6. The van der Waals surface area contributed by atoms with Crippen LogP contribution in [0.1, 0.15) is 11.1 Å². The van der Waals surface area contributed by atoms with Crippen LogP contribution in [-0.4, -0.2) is 6.61 Å². The average molecular weight is 287 g/mol. The van der Waals surface area contributed by atoms with Crippen LogP contribution in [0.3, 0.4) is 0 Å². The number of halogens is 1. The highest BCUT2D eigenvalue weighted by Crippen LogP contribution is 2.32. The van der Waals surface area contributed by atoms with Gasteiger partial charge in [-0.05, 0) is 35.4 Å². The highest BCUT2D eigenvalue weighted by Gasteiger charge is 2.12. The molecule has 2 heteroatoms. The smallest absolute Gasteiger partial charge is 0.127 e. The first-order valence-electron chi connectivity index (χ1n) is 5.51. The lowest BCUT2D eigenvalue weighted by atomic mass is 10.0. The molecule has 0 saturated heterocycles. The summed E-state index contributed by atoms with van der Waals surface area (Å²) >= 11 is 3.48. The highest BCUT2D eigenvalue weighted by molar-refractivity contribution is 9.10. The zero-order chi connectivity index (χ0) is 11.7. The molecule has 1 aliphatic rings. The Labute approximate surface area is 109 Å². The third-order valence-corrected chi connectivity index (χ3v) is 3.32. The van der Waals surface area contributed by atoms with Crippen molar-refractivity contribution in [2.24, 2.45) is 0 Å². The number of ether oxygens (including phenoxy) is 1. The van der Waals surface area contributed by atoms with Gasteiger partial charge in [-0.3, -0.25) is 0 Å². The molecule has 84 valence electrons. The molecule has 1 nitrogen and oxygen atoms in total. The topological polar surface area (TPSA) is 9.23 Å². The van der Waals surface area contributed by atoms with Crippen LogP contribution in [-0.2, 0) is 0 Å². The molecule has 0 aliphatic carbocycles. The Morgan fingerprint density at radius 3 is 2.65 bits per heavy atom. The summed E-state index contributed by atoms with van der Waals surface area (Å²) < 4.78 is 6.83. The predicted molar refractivity (Wildman–Crippen MR) is 74.0 cm³/mol. The van der Waals surface area contributed by atoms with Crippen molar-refractivity contribution in [3.63, 3.8) is 0 Å². The predicted octanol–water partition coefficient (Wildman–Crippen LogP) is 4.38. The fourth-order valence-corrected chi connectivity index (χ4v) is 2.35. The van der Waals surface area contributed by atoms with Gasteiger partial charge in [-0.1, -0.05) is 46.3 Å². The molecule has 17 heavy (non-hydrogen) atoms. The number of hydrogen-bond acceptors (Lipinski definition) is 1. The van der Waals surface area contributed by atoms with E-state index >= 15 is 0 Å². The molecule has 0 bridgehead atoms. The summed E-state index contributed by atoms with van der Waals surface area (Å²) in [7, 11) is 0. The number of benzene rings is 2. The van der Waals surface area contributed by atoms with Gasteiger partial charge in [0.05, 0.1) is 0 Å². The number of hydrogen-bond donors (Lipinski definition) is 0. The minimum Gasteiger partial charge on any atom is -0.488 e. The molecule has 0 fully saturated rings. The first kappa shape index (κ1) is 10.6. The van der Waals surface area contributed by atoms with Gasteiger partial charge in [0.15, 0.2) is 0 Å². The van der Waals surface area contributed by atoms with E-state index in [0.717, 1.165) is 15.8 Å². The second-order valence-corrected chi connectivity index (χ2v) is 4.92. The van der Waals surface area contributed by atoms with E-state index in [0.29, 0.717) is 6.61 Å². The minimum atomic E-state index is 0.638. The molecule has 0 atom stereocenters. The summed E-state index contributed by atoms with van der Waals surface area (Å²) in [6, 6.07) is 16.4. The molecule has 0 amide bonds. The van der Waals surface area contributed by atoms with Crippen LogP contribution < -0.4 is 4.74 Å². The Hall–Kier alpha value is -1.54. The quantitative estimate of drug-likeness (QED) is 0.756. The van der Waals surface area contributed by atoms with Crippen molar-refractivity contribution >= 4 is 27.6 Å². The van der Waals surface area contributed by atoms with Gasteiger partial charge in [-0.15, -0.1) is 0 Å². The van der Waals surface area contributed by atoms with Crippen molar-refractivity contribution in [2.45, 2.75) is 0 Å². The SMILES string of the molecule is Brc1ccc2c(c1)C=C(c1ccccc1)CO2. The standard InChI is InChI=1S/C15H11BrO/c16-14-6-7-15-12(9-14)8-13(10-17-15)11-4-2-1-3-5-11/h1-9H,10H2. The monoisotopic (exact) mass is 286 g/mol. The Bertz CT molecular complexity index is 573. The average Bonchev–Trinajstić information content (AvgIpc) is 2.39. The Kier molecular flexibility index (Phi) is 2.73. The van der Waals surface area contributed by atoms with Crippen LogP contribution in [0.25, 0.3) is 11.6 Å². The van der Waals surface area contributed by atoms with Crippen molar-refractivity contribution in [3.05, 3.63) is 64.1 Å². The zero-order valence-corrected chi connectivity index (χ0v) is 10.8. The van der Waals surface area contributed by atoms with E-state index in [2.05, 4.69) is 40.2 Å². The molecule has 1 aliphatic heterocycles. The van der Waals surface area contributed by atoms with Gasteiger partial charge in [0.25, 0.3) is 0 Å². The second-order valence-electron chi connectivity index (χ2n) is 4.01. The van der Waals surface area contributed by atoms with Gasteiger partial charge in [-0.2, -0.15) is 0 Å². The lowest BCUT2D eigenvalue weighted by molar-refractivity contribution is 0.365. The first-order chi connectivity index (χ1) is 8.33. The summed E-state index contributed by atoms with van der Waals surface area (Å²) in [5.41, 5.74) is 3.57. The van der Waals surface area contributed by atoms with Crippen LogP contribution in [0.15, 0.2) is 53.0 Å². The summed E-state index contributed by atoms with van der Waals surface area (Å²) in [4.78, 5) is 0. The third-order valence-electron chi connectivity index (χ3n) is 2.83. The van der Waals surface area contributed by atoms with E-state index in [1.54, 1.807) is 0 Å². The lowest BCUT2D eigenvalue weighted by Gasteiger charge is -2.18. The molecule has 0 saturated carbocycles. The van der Waals surface area contributed by atoms with E-state index in [-0.39, 0.29) is 0 Å². The summed E-state index contributed by atoms with van der Waals surface area (Å²) in [5.74, 6) is 0.952. The van der Waals surface area contributed by atoms with Crippen molar-refractivity contribution < 1.29 is 4.74 Å². The maximum Gasteiger partial charge on any atom is 0.127 e. The molecule has 0 radical (unpaired) electrons. The molecule has 3 rings (SSSR count). The van der Waals surface area contributed by atoms with Crippen LogP contribution in [0.2, 0.25) is 0 Å². The van der Waals surface area contributed by atoms with Gasteiger partial charge in [0.1, 0.15) is 12.4 Å². The Balaban J connectivity index is 2.05. The molecule has 0 N–H and O–H groups in total. The van der Waals surface area contributed by atoms with Gasteiger partial charge in [0.2, 0.25) is 0 Å². The van der Waals surface area contributed by atoms with E-state index in [1.165, 1.54) is 11.1 Å². The van der Waals surface area contributed by atoms with Crippen LogP contribution in [0.5, 0.6) is 5.75 Å². The van der Waals surface area contributed by atoms with E-state index in [1.807, 2.05) is 30.3 Å². The van der Waals surface area contributed by atoms with Crippen LogP contribution >= 0.6 is 15.9 Å². The molecular weight excluding hydrogens is 276 g/mol. The maximum atomic E-state index is 5.76. The summed E-state index contributed by atoms with van der Waals surface area (Å²) in [5, 5.41) is 0. The fraction of sp³-hybridized carbons (Fsp3) is 0.0667. The zero-order valence-electron chi connectivity index (χ0n) is 9.19. The van der Waals surface area contributed by atoms with Gasteiger partial charge in [-0.25, -0.2) is 0 Å². The molecule has 0 aromatic heterocycles. The van der Waals surface area contributed by atoms with Crippen molar-refractivity contribution in [2.75, 3.05) is 6.61 Å². The molecule has 1 heterocycles. The highest BCUT2D eigenvalue weighted by atomic mass is 79.9. The van der Waals surface area contributed by atoms with Gasteiger partial charge in [0, 0.05) is 10.0 Å². The van der Waals surface area contributed by atoms with Crippen LogP contribution in [0.4, 0.5) is 0 Å². The molecular formula is C15H11BrO. The van der Waals surface area contributed by atoms with Gasteiger partial charge >= 0.3 is 0 Å². The second kappa shape index (κ2) is 4.38. The minimum absolute atomic E-state index is 0.638. The first-order valence-corrected chi connectivity index (χ1v) is 6.30.